The van der Waals surface area contributed by atoms with Gasteiger partial charge in [0.15, 0.2) is 0 Å². The molecule has 0 amide bonds. The van der Waals surface area contributed by atoms with Gasteiger partial charge in [-0.3, -0.25) is 4.90 Å². The largest absolute Gasteiger partial charge is 0.316 e. The highest BCUT2D eigenvalue weighted by atomic mass is 15.2. The van der Waals surface area contributed by atoms with Gasteiger partial charge in [0.1, 0.15) is 0 Å². The molecule has 1 aliphatic heterocycles. The molecule has 0 radical (unpaired) electrons. The Kier molecular flexibility index (Phi) is 4.60. The van der Waals surface area contributed by atoms with Gasteiger partial charge in [-0.1, -0.05) is 13.8 Å². The third kappa shape index (κ3) is 2.94. The molecule has 1 rings (SSSR count). The average molecular weight is 212 g/mol. The molecule has 2 heteroatoms. The number of nitrogens with zero attached hydrogens (tertiary/aromatic N) is 1. The lowest BCUT2D eigenvalue weighted by Crippen LogP contribution is -2.57. The SMILES string of the molecule is CC1CNCC(C)C1N(C(C)C)C(C)C. The number of hydrogen-bond donors (Lipinski definition) is 1. The molecule has 0 saturated carbocycles. The normalized spacial score (nSPS) is 33.0. The molecule has 1 heterocycles. The van der Waals surface area contributed by atoms with Gasteiger partial charge in [-0.15, -0.1) is 0 Å². The van der Waals surface area contributed by atoms with Crippen LogP contribution in [0.15, 0.2) is 0 Å². The van der Waals surface area contributed by atoms with Gasteiger partial charge in [0, 0.05) is 18.1 Å². The number of hydrogen-bond acceptors (Lipinski definition) is 2. The lowest BCUT2D eigenvalue weighted by Gasteiger charge is -2.47. The Hall–Kier alpha value is -0.0800. The Morgan fingerprint density at radius 1 is 0.933 bits per heavy atom. The van der Waals surface area contributed by atoms with Crippen LogP contribution in [0.25, 0.3) is 0 Å². The van der Waals surface area contributed by atoms with E-state index in [9.17, 15) is 0 Å². The quantitative estimate of drug-likeness (QED) is 0.772. The molecular formula is C13H28N2. The van der Waals surface area contributed by atoms with Crippen LogP contribution in [0.2, 0.25) is 0 Å². The van der Waals surface area contributed by atoms with E-state index in [4.69, 9.17) is 0 Å². The van der Waals surface area contributed by atoms with Crippen LogP contribution in [-0.2, 0) is 0 Å². The summed E-state index contributed by atoms with van der Waals surface area (Å²) in [5.41, 5.74) is 0. The van der Waals surface area contributed by atoms with E-state index < -0.39 is 0 Å². The first kappa shape index (κ1) is 13.0. The third-order valence-corrected chi connectivity index (χ3v) is 3.64. The lowest BCUT2D eigenvalue weighted by molar-refractivity contribution is 0.0282. The van der Waals surface area contributed by atoms with Crippen LogP contribution in [0.4, 0.5) is 0 Å². The van der Waals surface area contributed by atoms with Crippen molar-refractivity contribution in [1.29, 1.82) is 0 Å². The summed E-state index contributed by atoms with van der Waals surface area (Å²) in [7, 11) is 0. The van der Waals surface area contributed by atoms with Crippen LogP contribution in [0, 0.1) is 11.8 Å². The second-order valence-corrected chi connectivity index (χ2v) is 5.74. The van der Waals surface area contributed by atoms with Crippen molar-refractivity contribution in [2.75, 3.05) is 13.1 Å². The van der Waals surface area contributed by atoms with E-state index in [1.165, 1.54) is 13.1 Å². The van der Waals surface area contributed by atoms with E-state index >= 15 is 0 Å². The predicted octanol–water partition coefficient (Wildman–Crippen LogP) is 2.35. The summed E-state index contributed by atoms with van der Waals surface area (Å²) in [6.45, 7) is 16.4. The first-order valence-electron chi connectivity index (χ1n) is 6.43. The number of piperidine rings is 1. The van der Waals surface area contributed by atoms with Crippen LogP contribution in [-0.4, -0.2) is 36.1 Å². The summed E-state index contributed by atoms with van der Waals surface area (Å²) in [6.07, 6.45) is 0. The molecule has 1 N–H and O–H groups in total. The van der Waals surface area contributed by atoms with E-state index in [2.05, 4.69) is 51.8 Å². The lowest BCUT2D eigenvalue weighted by atomic mass is 9.84. The number of nitrogens with one attached hydrogen (secondary N) is 1. The highest BCUT2D eigenvalue weighted by Gasteiger charge is 2.34. The molecule has 0 aliphatic carbocycles. The fourth-order valence-electron chi connectivity index (χ4n) is 3.21. The minimum absolute atomic E-state index is 0.651. The van der Waals surface area contributed by atoms with Crippen molar-refractivity contribution in [1.82, 2.24) is 10.2 Å². The Bertz CT molecular complexity index is 171. The minimum Gasteiger partial charge on any atom is -0.316 e. The van der Waals surface area contributed by atoms with Crippen LogP contribution in [0.1, 0.15) is 41.5 Å². The molecule has 1 saturated heterocycles. The molecule has 0 aromatic heterocycles. The molecule has 1 aliphatic rings. The first-order valence-corrected chi connectivity index (χ1v) is 6.43. The molecule has 0 spiro atoms. The van der Waals surface area contributed by atoms with Crippen molar-refractivity contribution in [2.45, 2.75) is 59.7 Å². The highest BCUT2D eigenvalue weighted by Crippen LogP contribution is 2.26. The zero-order valence-corrected chi connectivity index (χ0v) is 11.2. The first-order chi connectivity index (χ1) is 6.95. The van der Waals surface area contributed by atoms with E-state index in [-0.39, 0.29) is 0 Å². The Labute approximate surface area is 95.4 Å². The molecule has 1 fully saturated rings. The molecule has 0 aromatic rings. The highest BCUT2D eigenvalue weighted by molar-refractivity contribution is 4.90. The van der Waals surface area contributed by atoms with Gasteiger partial charge in [-0.25, -0.2) is 0 Å². The summed E-state index contributed by atoms with van der Waals surface area (Å²) in [5, 5.41) is 3.52. The molecular weight excluding hydrogens is 184 g/mol. The average Bonchev–Trinajstić information content (AvgIpc) is 2.09. The molecule has 15 heavy (non-hydrogen) atoms. The minimum atomic E-state index is 0.651. The summed E-state index contributed by atoms with van der Waals surface area (Å²) >= 11 is 0. The standard InChI is InChI=1S/C13H28N2/c1-9(2)15(10(3)4)13-11(5)7-14-8-12(13)6/h9-14H,7-8H2,1-6H3. The maximum Gasteiger partial charge on any atom is 0.0176 e. The zero-order chi connectivity index (χ0) is 11.6. The summed E-state index contributed by atoms with van der Waals surface area (Å²) in [6, 6.07) is 2.04. The molecule has 2 atom stereocenters. The Morgan fingerprint density at radius 3 is 1.67 bits per heavy atom. The van der Waals surface area contributed by atoms with Gasteiger partial charge < -0.3 is 5.32 Å². The van der Waals surface area contributed by atoms with Crippen LogP contribution in [0.5, 0.6) is 0 Å². The van der Waals surface area contributed by atoms with Gasteiger partial charge >= 0.3 is 0 Å². The van der Waals surface area contributed by atoms with Gasteiger partial charge in [-0.05, 0) is 52.6 Å². The summed E-state index contributed by atoms with van der Waals surface area (Å²) in [5.74, 6) is 1.53. The van der Waals surface area contributed by atoms with Crippen molar-refractivity contribution in [3.63, 3.8) is 0 Å². The van der Waals surface area contributed by atoms with Gasteiger partial charge in [0.2, 0.25) is 0 Å². The molecule has 90 valence electrons. The Balaban J connectivity index is 2.79. The third-order valence-electron chi connectivity index (χ3n) is 3.64. The molecule has 0 bridgehead atoms. The molecule has 0 aromatic carbocycles. The van der Waals surface area contributed by atoms with Crippen LogP contribution >= 0.6 is 0 Å². The second kappa shape index (κ2) is 5.31. The summed E-state index contributed by atoms with van der Waals surface area (Å²) in [4.78, 5) is 2.69. The summed E-state index contributed by atoms with van der Waals surface area (Å²) < 4.78 is 0. The Morgan fingerprint density at radius 2 is 1.33 bits per heavy atom. The van der Waals surface area contributed by atoms with Crippen molar-refractivity contribution < 1.29 is 0 Å². The maximum atomic E-state index is 3.52. The maximum absolute atomic E-state index is 3.52. The van der Waals surface area contributed by atoms with Gasteiger partial charge in [-0.2, -0.15) is 0 Å². The molecule has 2 unspecified atom stereocenters. The van der Waals surface area contributed by atoms with E-state index in [1.807, 2.05) is 0 Å². The van der Waals surface area contributed by atoms with E-state index in [0.717, 1.165) is 17.9 Å². The van der Waals surface area contributed by atoms with Crippen LogP contribution < -0.4 is 5.32 Å². The monoisotopic (exact) mass is 212 g/mol. The van der Waals surface area contributed by atoms with E-state index in [1.54, 1.807) is 0 Å². The zero-order valence-electron chi connectivity index (χ0n) is 11.2. The van der Waals surface area contributed by atoms with Gasteiger partial charge in [0.25, 0.3) is 0 Å². The van der Waals surface area contributed by atoms with Crippen molar-refractivity contribution in [3.8, 4) is 0 Å². The molecule has 2 nitrogen and oxygen atoms in total. The topological polar surface area (TPSA) is 15.3 Å². The smallest absolute Gasteiger partial charge is 0.0176 e. The van der Waals surface area contributed by atoms with E-state index in [0.29, 0.717) is 12.1 Å². The predicted molar refractivity (Wildman–Crippen MR) is 67.1 cm³/mol. The second-order valence-electron chi connectivity index (χ2n) is 5.74. The van der Waals surface area contributed by atoms with Crippen molar-refractivity contribution in [2.24, 2.45) is 11.8 Å². The number of rotatable bonds is 3. The van der Waals surface area contributed by atoms with Crippen LogP contribution in [0.3, 0.4) is 0 Å². The van der Waals surface area contributed by atoms with Gasteiger partial charge in [0.05, 0.1) is 0 Å². The van der Waals surface area contributed by atoms with Crippen molar-refractivity contribution >= 4 is 0 Å². The fourth-order valence-corrected chi connectivity index (χ4v) is 3.21. The fraction of sp³-hybridized carbons (Fsp3) is 1.00. The van der Waals surface area contributed by atoms with Crippen molar-refractivity contribution in [3.05, 3.63) is 0 Å².